The second-order valence-electron chi connectivity index (χ2n) is 6.46. The maximum absolute atomic E-state index is 9.82. The summed E-state index contributed by atoms with van der Waals surface area (Å²) < 4.78 is 6.26. The molecule has 23 heavy (non-hydrogen) atoms. The van der Waals surface area contributed by atoms with Gasteiger partial charge in [0, 0.05) is 17.4 Å². The van der Waals surface area contributed by atoms with E-state index in [1.165, 1.54) is 0 Å². The van der Waals surface area contributed by atoms with E-state index in [2.05, 4.69) is 5.92 Å². The van der Waals surface area contributed by atoms with Crippen molar-refractivity contribution in [2.24, 2.45) is 11.8 Å². The second-order valence-corrected chi connectivity index (χ2v) is 6.46. The number of aromatic hydroxyl groups is 2. The lowest BCUT2D eigenvalue weighted by atomic mass is 9.80. The van der Waals surface area contributed by atoms with E-state index in [1.54, 1.807) is 24.3 Å². The van der Waals surface area contributed by atoms with Gasteiger partial charge >= 0.3 is 0 Å². The molecule has 0 radical (unpaired) electrons. The third kappa shape index (κ3) is 2.31. The lowest BCUT2D eigenvalue weighted by Crippen LogP contribution is -2.26. The molecule has 1 heterocycles. The predicted octanol–water partition coefficient (Wildman–Crippen LogP) is 3.97. The molecule has 1 unspecified atom stereocenters. The molecule has 116 valence electrons. The number of phenols is 2. The molecule has 1 fully saturated rings. The SMILES string of the molecule is C#CC1C[C@H]2[C@@H](C1)c1cc(O)ccc1O[C@H]2c1ccc(O)cc1. The Hall–Kier alpha value is -2.60. The molecular weight excluding hydrogens is 288 g/mol. The van der Waals surface area contributed by atoms with Crippen LogP contribution in [-0.4, -0.2) is 10.2 Å². The Kier molecular flexibility index (Phi) is 3.20. The Labute approximate surface area is 135 Å². The van der Waals surface area contributed by atoms with Crippen molar-refractivity contribution in [3.63, 3.8) is 0 Å². The molecule has 3 nitrogen and oxygen atoms in total. The van der Waals surface area contributed by atoms with E-state index in [0.29, 0.717) is 5.92 Å². The normalized spacial score (nSPS) is 28.3. The van der Waals surface area contributed by atoms with Crippen molar-refractivity contribution in [2.75, 3.05) is 0 Å². The summed E-state index contributed by atoms with van der Waals surface area (Å²) in [4.78, 5) is 0. The zero-order valence-electron chi connectivity index (χ0n) is 12.6. The fraction of sp³-hybridized carbons (Fsp3) is 0.300. The minimum Gasteiger partial charge on any atom is -0.508 e. The topological polar surface area (TPSA) is 49.7 Å². The number of hydrogen-bond acceptors (Lipinski definition) is 3. The highest BCUT2D eigenvalue weighted by Gasteiger charge is 2.45. The van der Waals surface area contributed by atoms with E-state index in [4.69, 9.17) is 11.2 Å². The highest BCUT2D eigenvalue weighted by molar-refractivity contribution is 5.46. The summed E-state index contributed by atoms with van der Waals surface area (Å²) in [6.07, 6.45) is 7.44. The van der Waals surface area contributed by atoms with Crippen molar-refractivity contribution >= 4 is 0 Å². The van der Waals surface area contributed by atoms with E-state index >= 15 is 0 Å². The predicted molar refractivity (Wildman–Crippen MR) is 87.4 cm³/mol. The van der Waals surface area contributed by atoms with Crippen molar-refractivity contribution in [1.29, 1.82) is 0 Å². The van der Waals surface area contributed by atoms with Crippen LogP contribution in [0.4, 0.5) is 0 Å². The quantitative estimate of drug-likeness (QED) is 0.784. The summed E-state index contributed by atoms with van der Waals surface area (Å²) in [5, 5.41) is 19.3. The summed E-state index contributed by atoms with van der Waals surface area (Å²) in [7, 11) is 0. The van der Waals surface area contributed by atoms with Crippen LogP contribution in [0.3, 0.4) is 0 Å². The maximum atomic E-state index is 9.82. The van der Waals surface area contributed by atoms with E-state index < -0.39 is 0 Å². The molecule has 2 aliphatic rings. The number of phenolic OH excluding ortho intramolecular Hbond substituents is 2. The smallest absolute Gasteiger partial charge is 0.127 e. The number of fused-ring (bicyclic) bond motifs is 3. The molecule has 2 N–H and O–H groups in total. The largest absolute Gasteiger partial charge is 0.508 e. The first kappa shape index (κ1) is 14.0. The third-order valence-electron chi connectivity index (χ3n) is 5.10. The molecule has 0 bridgehead atoms. The monoisotopic (exact) mass is 306 g/mol. The average molecular weight is 306 g/mol. The van der Waals surface area contributed by atoms with Crippen LogP contribution in [0.2, 0.25) is 0 Å². The van der Waals surface area contributed by atoms with Crippen molar-refractivity contribution in [3.05, 3.63) is 53.6 Å². The minimum atomic E-state index is -0.0732. The van der Waals surface area contributed by atoms with E-state index in [1.807, 2.05) is 18.2 Å². The first-order chi connectivity index (χ1) is 11.2. The molecule has 4 atom stereocenters. The Balaban J connectivity index is 1.78. The van der Waals surface area contributed by atoms with Gasteiger partial charge in [-0.15, -0.1) is 12.3 Å². The Bertz CT molecular complexity index is 772. The second kappa shape index (κ2) is 5.24. The van der Waals surface area contributed by atoms with Crippen LogP contribution in [0.25, 0.3) is 0 Å². The Morgan fingerprint density at radius 1 is 1.00 bits per heavy atom. The van der Waals surface area contributed by atoms with E-state index in [9.17, 15) is 10.2 Å². The minimum absolute atomic E-state index is 0.0732. The zero-order chi connectivity index (χ0) is 16.0. The molecule has 2 aromatic carbocycles. The van der Waals surface area contributed by atoms with Gasteiger partial charge in [-0.2, -0.15) is 0 Å². The van der Waals surface area contributed by atoms with Gasteiger partial charge in [0.15, 0.2) is 0 Å². The molecule has 0 aromatic heterocycles. The summed E-state index contributed by atoms with van der Waals surface area (Å²) in [5.41, 5.74) is 2.11. The Morgan fingerprint density at radius 3 is 2.48 bits per heavy atom. The standard InChI is InChI=1S/C20H18O3/c1-2-12-9-16-17-11-15(22)7-8-19(17)23-20(18(16)10-12)13-3-5-14(21)6-4-13/h1,3-8,11-12,16,18,20-22H,9-10H2/t12?,16-,18-,20-/m0/s1. The van der Waals surface area contributed by atoms with Crippen LogP contribution in [0.1, 0.15) is 36.0 Å². The highest BCUT2D eigenvalue weighted by atomic mass is 16.5. The number of hydrogen-bond donors (Lipinski definition) is 2. The van der Waals surface area contributed by atoms with Gasteiger partial charge in [0.25, 0.3) is 0 Å². The summed E-state index contributed by atoms with van der Waals surface area (Å²) in [6.45, 7) is 0. The molecule has 0 saturated heterocycles. The van der Waals surface area contributed by atoms with Crippen molar-refractivity contribution < 1.29 is 14.9 Å². The van der Waals surface area contributed by atoms with Gasteiger partial charge in [-0.25, -0.2) is 0 Å². The molecule has 1 saturated carbocycles. The fourth-order valence-corrected chi connectivity index (χ4v) is 4.03. The van der Waals surface area contributed by atoms with Crippen molar-refractivity contribution in [1.82, 2.24) is 0 Å². The van der Waals surface area contributed by atoms with Crippen LogP contribution in [0.15, 0.2) is 42.5 Å². The number of terminal acetylenes is 1. The van der Waals surface area contributed by atoms with Gasteiger partial charge in [0.05, 0.1) is 0 Å². The van der Waals surface area contributed by atoms with Gasteiger partial charge in [-0.05, 0) is 54.7 Å². The molecule has 3 heteroatoms. The number of ether oxygens (including phenoxy) is 1. The van der Waals surface area contributed by atoms with Crippen molar-refractivity contribution in [2.45, 2.75) is 24.9 Å². The molecule has 0 amide bonds. The van der Waals surface area contributed by atoms with Gasteiger partial charge in [-0.3, -0.25) is 0 Å². The van der Waals surface area contributed by atoms with Crippen LogP contribution in [0, 0.1) is 24.2 Å². The maximum Gasteiger partial charge on any atom is 0.127 e. The first-order valence-electron chi connectivity index (χ1n) is 7.90. The lowest BCUT2D eigenvalue weighted by molar-refractivity contribution is 0.103. The average Bonchev–Trinajstić information content (AvgIpc) is 3.00. The van der Waals surface area contributed by atoms with Gasteiger partial charge in [0.2, 0.25) is 0 Å². The van der Waals surface area contributed by atoms with E-state index in [-0.39, 0.29) is 29.4 Å². The van der Waals surface area contributed by atoms with Crippen LogP contribution in [0.5, 0.6) is 17.2 Å². The molecular formula is C20H18O3. The summed E-state index contributed by atoms with van der Waals surface area (Å²) in [5.74, 6) is 5.04. The number of benzene rings is 2. The molecule has 1 aliphatic heterocycles. The third-order valence-corrected chi connectivity index (χ3v) is 5.10. The Morgan fingerprint density at radius 2 is 1.74 bits per heavy atom. The van der Waals surface area contributed by atoms with Crippen LogP contribution >= 0.6 is 0 Å². The summed E-state index contributed by atoms with van der Waals surface area (Å²) in [6, 6.07) is 12.5. The van der Waals surface area contributed by atoms with E-state index in [0.717, 1.165) is 29.7 Å². The van der Waals surface area contributed by atoms with Crippen molar-refractivity contribution in [3.8, 4) is 29.6 Å². The molecule has 2 aromatic rings. The van der Waals surface area contributed by atoms with Gasteiger partial charge in [0.1, 0.15) is 23.4 Å². The molecule has 0 spiro atoms. The molecule has 4 rings (SSSR count). The molecule has 1 aliphatic carbocycles. The first-order valence-corrected chi connectivity index (χ1v) is 7.90. The van der Waals surface area contributed by atoms with Crippen LogP contribution < -0.4 is 4.74 Å². The lowest BCUT2D eigenvalue weighted by Gasteiger charge is -2.36. The van der Waals surface area contributed by atoms with Crippen LogP contribution in [-0.2, 0) is 0 Å². The van der Waals surface area contributed by atoms with Gasteiger partial charge < -0.3 is 14.9 Å². The summed E-state index contributed by atoms with van der Waals surface area (Å²) >= 11 is 0. The highest BCUT2D eigenvalue weighted by Crippen LogP contribution is 2.55. The number of rotatable bonds is 1. The van der Waals surface area contributed by atoms with Gasteiger partial charge in [-0.1, -0.05) is 12.1 Å². The zero-order valence-corrected chi connectivity index (χ0v) is 12.6. The fourth-order valence-electron chi connectivity index (χ4n) is 4.03.